The molecule has 0 saturated heterocycles. The van der Waals surface area contributed by atoms with Crippen LogP contribution in [0.25, 0.3) is 11.1 Å². The van der Waals surface area contributed by atoms with Crippen LogP contribution in [-0.4, -0.2) is 23.7 Å². The normalized spacial score (nSPS) is 14.4. The van der Waals surface area contributed by atoms with Crippen molar-refractivity contribution in [3.8, 4) is 11.1 Å². The van der Waals surface area contributed by atoms with Crippen molar-refractivity contribution in [3.05, 3.63) is 95.6 Å². The van der Waals surface area contributed by atoms with Gasteiger partial charge in [0.25, 0.3) is 0 Å². The molecule has 1 aliphatic carbocycles. The maximum Gasteiger partial charge on any atom is 0.309 e. The average molecular weight is 415 g/mol. The van der Waals surface area contributed by atoms with E-state index in [1.165, 1.54) is 11.1 Å². The number of carboxylic acids is 1. The smallest absolute Gasteiger partial charge is 0.309 e. The minimum Gasteiger partial charge on any atom is -0.481 e. The average Bonchev–Trinajstić information content (AvgIpc) is 3.12. The molecule has 4 heteroatoms. The number of carbonyl (C=O) groups is 2. The molecule has 0 aliphatic heterocycles. The highest BCUT2D eigenvalue weighted by atomic mass is 16.5. The van der Waals surface area contributed by atoms with E-state index in [1.807, 2.05) is 61.5 Å². The summed E-state index contributed by atoms with van der Waals surface area (Å²) in [5.74, 6) is -2.95. The van der Waals surface area contributed by atoms with Crippen LogP contribution in [0.3, 0.4) is 0 Å². The lowest BCUT2D eigenvalue weighted by molar-refractivity contribution is -0.158. The monoisotopic (exact) mass is 414 g/mol. The van der Waals surface area contributed by atoms with Gasteiger partial charge < -0.3 is 9.84 Å². The van der Waals surface area contributed by atoms with E-state index in [1.54, 1.807) is 0 Å². The van der Waals surface area contributed by atoms with Gasteiger partial charge in [-0.25, -0.2) is 0 Å². The molecule has 31 heavy (non-hydrogen) atoms. The fourth-order valence-electron chi connectivity index (χ4n) is 4.60. The summed E-state index contributed by atoms with van der Waals surface area (Å²) in [6, 6.07) is 25.8. The third-order valence-corrected chi connectivity index (χ3v) is 6.20. The Hall–Kier alpha value is -3.40. The third kappa shape index (κ3) is 4.24. The second-order valence-electron chi connectivity index (χ2n) is 8.01. The Balaban J connectivity index is 1.51. The van der Waals surface area contributed by atoms with Crippen LogP contribution in [0.15, 0.2) is 78.9 Å². The molecule has 0 bridgehead atoms. The molecular formula is C27H26O4. The van der Waals surface area contributed by atoms with E-state index in [4.69, 9.17) is 4.74 Å². The molecule has 3 aromatic carbocycles. The molecule has 1 unspecified atom stereocenters. The number of hydrogen-bond donors (Lipinski definition) is 1. The van der Waals surface area contributed by atoms with Crippen molar-refractivity contribution in [3.63, 3.8) is 0 Å². The number of rotatable bonds is 8. The van der Waals surface area contributed by atoms with Crippen molar-refractivity contribution in [2.45, 2.75) is 25.7 Å². The zero-order valence-corrected chi connectivity index (χ0v) is 17.5. The SMILES string of the molecule is CCC(C(=O)OCC1c2ccccc2-c2ccccc21)[C@@H](Cc1ccccc1)C(=O)O. The molecule has 0 aromatic heterocycles. The zero-order valence-electron chi connectivity index (χ0n) is 17.5. The Morgan fingerprint density at radius 1 is 0.839 bits per heavy atom. The predicted molar refractivity (Wildman–Crippen MR) is 120 cm³/mol. The first-order chi connectivity index (χ1) is 15.1. The van der Waals surface area contributed by atoms with Gasteiger partial charge in [-0.1, -0.05) is 85.8 Å². The molecule has 4 rings (SSSR count). The number of ether oxygens (including phenoxy) is 1. The largest absolute Gasteiger partial charge is 0.481 e. The Kier molecular flexibility index (Phi) is 6.17. The lowest BCUT2D eigenvalue weighted by Crippen LogP contribution is -2.33. The van der Waals surface area contributed by atoms with Crippen molar-refractivity contribution < 1.29 is 19.4 Å². The molecular weight excluding hydrogens is 388 g/mol. The van der Waals surface area contributed by atoms with Crippen molar-refractivity contribution in [2.75, 3.05) is 6.61 Å². The molecule has 1 aliphatic rings. The third-order valence-electron chi connectivity index (χ3n) is 6.20. The van der Waals surface area contributed by atoms with Crippen LogP contribution in [-0.2, 0) is 20.7 Å². The number of carbonyl (C=O) groups excluding carboxylic acids is 1. The van der Waals surface area contributed by atoms with Crippen molar-refractivity contribution in [1.82, 2.24) is 0 Å². The molecule has 0 saturated carbocycles. The van der Waals surface area contributed by atoms with Gasteiger partial charge in [-0.2, -0.15) is 0 Å². The standard InChI is InChI=1S/C27H26O4/c1-2-19(24(26(28)29)16-18-10-4-3-5-11-18)27(30)31-17-25-22-14-8-6-12-20(22)21-13-7-9-15-23(21)25/h3-15,19,24-25H,2,16-17H2,1H3,(H,28,29)/t19?,24-/m1/s1. The minimum atomic E-state index is -0.968. The summed E-state index contributed by atoms with van der Waals surface area (Å²) in [6.45, 7) is 2.05. The molecule has 0 fully saturated rings. The van der Waals surface area contributed by atoms with E-state index in [2.05, 4.69) is 24.3 Å². The first-order valence-electron chi connectivity index (χ1n) is 10.7. The summed E-state index contributed by atoms with van der Waals surface area (Å²) in [5, 5.41) is 9.82. The Morgan fingerprint density at radius 2 is 1.39 bits per heavy atom. The van der Waals surface area contributed by atoms with E-state index < -0.39 is 23.8 Å². The molecule has 0 heterocycles. The lowest BCUT2D eigenvalue weighted by Gasteiger charge is -2.23. The summed E-state index contributed by atoms with van der Waals surface area (Å²) in [4.78, 5) is 25.0. The van der Waals surface area contributed by atoms with E-state index in [0.29, 0.717) is 12.8 Å². The highest BCUT2D eigenvalue weighted by Crippen LogP contribution is 2.44. The molecule has 2 atom stereocenters. The van der Waals surface area contributed by atoms with E-state index in [9.17, 15) is 14.7 Å². The number of hydrogen-bond acceptors (Lipinski definition) is 3. The van der Waals surface area contributed by atoms with Gasteiger partial charge >= 0.3 is 11.9 Å². The van der Waals surface area contributed by atoms with Crippen LogP contribution in [0.2, 0.25) is 0 Å². The van der Waals surface area contributed by atoms with Crippen LogP contribution in [0.5, 0.6) is 0 Å². The van der Waals surface area contributed by atoms with Gasteiger partial charge in [0.1, 0.15) is 6.61 Å². The number of aliphatic carboxylic acids is 1. The second-order valence-corrected chi connectivity index (χ2v) is 8.01. The first-order valence-corrected chi connectivity index (χ1v) is 10.7. The second kappa shape index (κ2) is 9.17. The minimum absolute atomic E-state index is 0.0359. The molecule has 158 valence electrons. The van der Waals surface area contributed by atoms with Gasteiger partial charge in [0.05, 0.1) is 11.8 Å². The van der Waals surface area contributed by atoms with Crippen molar-refractivity contribution in [1.29, 1.82) is 0 Å². The maximum absolute atomic E-state index is 13.0. The van der Waals surface area contributed by atoms with Crippen molar-refractivity contribution >= 4 is 11.9 Å². The predicted octanol–water partition coefficient (Wildman–Crippen LogP) is 5.31. The number of benzene rings is 3. The van der Waals surface area contributed by atoms with E-state index in [-0.39, 0.29) is 12.5 Å². The number of esters is 1. The molecule has 1 N–H and O–H groups in total. The zero-order chi connectivity index (χ0) is 21.8. The first kappa shape index (κ1) is 20.9. The quantitative estimate of drug-likeness (QED) is 0.507. The highest BCUT2D eigenvalue weighted by molar-refractivity contribution is 5.82. The van der Waals surface area contributed by atoms with E-state index in [0.717, 1.165) is 16.7 Å². The lowest BCUT2D eigenvalue weighted by atomic mass is 9.85. The van der Waals surface area contributed by atoms with Crippen molar-refractivity contribution in [2.24, 2.45) is 11.8 Å². The van der Waals surface area contributed by atoms with Crippen LogP contribution >= 0.6 is 0 Å². The number of fused-ring (bicyclic) bond motifs is 3. The summed E-state index contributed by atoms with van der Waals surface area (Å²) in [6.07, 6.45) is 0.722. The maximum atomic E-state index is 13.0. The van der Waals surface area contributed by atoms with E-state index >= 15 is 0 Å². The van der Waals surface area contributed by atoms with Crippen LogP contribution < -0.4 is 0 Å². The topological polar surface area (TPSA) is 63.6 Å². The van der Waals surface area contributed by atoms with Crippen LogP contribution in [0.1, 0.15) is 36.0 Å². The molecule has 4 nitrogen and oxygen atoms in total. The van der Waals surface area contributed by atoms with Gasteiger partial charge in [-0.15, -0.1) is 0 Å². The molecule has 0 amide bonds. The molecule has 0 radical (unpaired) electrons. The molecule has 3 aromatic rings. The summed E-state index contributed by atoms with van der Waals surface area (Å²) < 4.78 is 5.76. The fourth-order valence-corrected chi connectivity index (χ4v) is 4.60. The van der Waals surface area contributed by atoms with Gasteiger partial charge in [-0.3, -0.25) is 9.59 Å². The van der Waals surface area contributed by atoms with Gasteiger partial charge in [-0.05, 0) is 40.7 Å². The summed E-state index contributed by atoms with van der Waals surface area (Å²) in [5.41, 5.74) is 5.52. The Labute approximate surface area is 182 Å². The van der Waals surface area contributed by atoms with Crippen LogP contribution in [0.4, 0.5) is 0 Å². The highest BCUT2D eigenvalue weighted by Gasteiger charge is 2.35. The Morgan fingerprint density at radius 3 is 1.94 bits per heavy atom. The van der Waals surface area contributed by atoms with Crippen LogP contribution in [0, 0.1) is 11.8 Å². The summed E-state index contributed by atoms with van der Waals surface area (Å²) in [7, 11) is 0. The van der Waals surface area contributed by atoms with Gasteiger partial charge in [0.2, 0.25) is 0 Å². The van der Waals surface area contributed by atoms with Gasteiger partial charge in [0.15, 0.2) is 0 Å². The fraction of sp³-hybridized carbons (Fsp3) is 0.259. The Bertz CT molecular complexity index is 1030. The summed E-state index contributed by atoms with van der Waals surface area (Å²) >= 11 is 0. The number of carboxylic acid groups (broad SMARTS) is 1. The van der Waals surface area contributed by atoms with Gasteiger partial charge in [0, 0.05) is 5.92 Å². The molecule has 0 spiro atoms.